The Hall–Kier alpha value is -3.07. The second kappa shape index (κ2) is 10.7. The van der Waals surface area contributed by atoms with Crippen LogP contribution in [0, 0.1) is 5.92 Å². The first-order chi connectivity index (χ1) is 15.7. The van der Waals surface area contributed by atoms with Crippen molar-refractivity contribution >= 4 is 11.8 Å². The predicted octanol–water partition coefficient (Wildman–Crippen LogP) is 3.72. The third kappa shape index (κ3) is 6.04. The molecule has 0 spiro atoms. The SMILES string of the molecule is COCCCNC(=O)[C@H]1CN(C(=O)c2ccc(OC)cc2)C[C@H]1c1cccc(C(F)(F)F)c1. The van der Waals surface area contributed by atoms with Gasteiger partial charge in [-0.1, -0.05) is 18.2 Å². The highest BCUT2D eigenvalue weighted by Gasteiger charge is 2.41. The number of nitrogens with one attached hydrogen (secondary N) is 1. The van der Waals surface area contributed by atoms with Gasteiger partial charge < -0.3 is 19.7 Å². The Morgan fingerprint density at radius 2 is 1.82 bits per heavy atom. The number of halogens is 3. The van der Waals surface area contributed by atoms with Crippen molar-refractivity contribution in [2.75, 3.05) is 40.5 Å². The van der Waals surface area contributed by atoms with Gasteiger partial charge >= 0.3 is 6.18 Å². The molecule has 6 nitrogen and oxygen atoms in total. The molecule has 1 fully saturated rings. The molecule has 0 radical (unpaired) electrons. The summed E-state index contributed by atoms with van der Waals surface area (Å²) in [6.07, 6.45) is -3.89. The molecule has 1 aliphatic heterocycles. The quantitative estimate of drug-likeness (QED) is 0.605. The Labute approximate surface area is 190 Å². The Bertz CT molecular complexity index is 963. The third-order valence-electron chi connectivity index (χ3n) is 5.75. The highest BCUT2D eigenvalue weighted by molar-refractivity contribution is 5.95. The Kier molecular flexibility index (Phi) is 7.97. The van der Waals surface area contributed by atoms with Crippen molar-refractivity contribution in [1.82, 2.24) is 10.2 Å². The van der Waals surface area contributed by atoms with Gasteiger partial charge in [-0.2, -0.15) is 13.2 Å². The van der Waals surface area contributed by atoms with Crippen LogP contribution in [0.3, 0.4) is 0 Å². The number of hydrogen-bond acceptors (Lipinski definition) is 4. The van der Waals surface area contributed by atoms with Crippen LogP contribution in [-0.4, -0.2) is 57.2 Å². The molecule has 2 aromatic rings. The van der Waals surface area contributed by atoms with Crippen LogP contribution in [0.25, 0.3) is 0 Å². The summed E-state index contributed by atoms with van der Waals surface area (Å²) < 4.78 is 49.9. The molecule has 3 rings (SSSR count). The van der Waals surface area contributed by atoms with E-state index in [-0.39, 0.29) is 24.9 Å². The molecule has 0 aliphatic carbocycles. The molecular weight excluding hydrogens is 437 g/mol. The number of amides is 2. The summed E-state index contributed by atoms with van der Waals surface area (Å²) in [5, 5.41) is 2.82. The van der Waals surface area contributed by atoms with Gasteiger partial charge in [-0.25, -0.2) is 0 Å². The highest BCUT2D eigenvalue weighted by Crippen LogP contribution is 2.37. The molecule has 0 saturated carbocycles. The van der Waals surface area contributed by atoms with Crippen LogP contribution in [0.15, 0.2) is 48.5 Å². The summed E-state index contributed by atoms with van der Waals surface area (Å²) in [6, 6.07) is 11.5. The molecule has 0 bridgehead atoms. The molecule has 178 valence electrons. The second-order valence-corrected chi connectivity index (χ2v) is 7.91. The molecule has 33 heavy (non-hydrogen) atoms. The van der Waals surface area contributed by atoms with Gasteiger partial charge in [0, 0.05) is 44.8 Å². The maximum Gasteiger partial charge on any atom is 0.416 e. The molecule has 2 atom stereocenters. The lowest BCUT2D eigenvalue weighted by Gasteiger charge is -2.19. The lowest BCUT2D eigenvalue weighted by molar-refractivity contribution is -0.137. The minimum Gasteiger partial charge on any atom is -0.497 e. The van der Waals surface area contributed by atoms with E-state index in [1.54, 1.807) is 37.4 Å². The van der Waals surface area contributed by atoms with Crippen molar-refractivity contribution in [2.24, 2.45) is 5.92 Å². The van der Waals surface area contributed by atoms with Crippen LogP contribution in [0.2, 0.25) is 0 Å². The van der Waals surface area contributed by atoms with Crippen molar-refractivity contribution in [3.05, 3.63) is 65.2 Å². The Balaban J connectivity index is 1.84. The first-order valence-corrected chi connectivity index (χ1v) is 10.6. The van der Waals surface area contributed by atoms with E-state index in [1.165, 1.54) is 18.1 Å². The van der Waals surface area contributed by atoms with Gasteiger partial charge in [-0.15, -0.1) is 0 Å². The maximum absolute atomic E-state index is 13.3. The number of ether oxygens (including phenoxy) is 2. The molecular formula is C24H27F3N2O4. The fraction of sp³-hybridized carbons (Fsp3) is 0.417. The summed E-state index contributed by atoms with van der Waals surface area (Å²) in [5.74, 6) is -1.21. The normalized spacial score (nSPS) is 18.3. The summed E-state index contributed by atoms with van der Waals surface area (Å²) in [6.45, 7) is 1.11. The molecule has 1 saturated heterocycles. The second-order valence-electron chi connectivity index (χ2n) is 7.91. The van der Waals surface area contributed by atoms with E-state index in [2.05, 4.69) is 5.32 Å². The van der Waals surface area contributed by atoms with Crippen molar-refractivity contribution in [2.45, 2.75) is 18.5 Å². The first kappa shape index (κ1) is 24.6. The lowest BCUT2D eigenvalue weighted by atomic mass is 9.87. The van der Waals surface area contributed by atoms with Crippen LogP contribution in [-0.2, 0) is 15.7 Å². The molecule has 2 aromatic carbocycles. The number of benzene rings is 2. The van der Waals surface area contributed by atoms with Gasteiger partial charge in [-0.3, -0.25) is 9.59 Å². The number of nitrogens with zero attached hydrogens (tertiary/aromatic N) is 1. The number of rotatable bonds is 8. The van der Waals surface area contributed by atoms with Crippen molar-refractivity contribution in [3.63, 3.8) is 0 Å². The molecule has 0 unspecified atom stereocenters. The Morgan fingerprint density at radius 1 is 1.09 bits per heavy atom. The van der Waals surface area contributed by atoms with E-state index in [0.29, 0.717) is 36.4 Å². The van der Waals surface area contributed by atoms with Crippen LogP contribution >= 0.6 is 0 Å². The summed E-state index contributed by atoms with van der Waals surface area (Å²) in [5.41, 5.74) is 0.0193. The van der Waals surface area contributed by atoms with Crippen LogP contribution in [0.4, 0.5) is 13.2 Å². The zero-order valence-electron chi connectivity index (χ0n) is 18.5. The van der Waals surface area contributed by atoms with Crippen LogP contribution in [0.1, 0.15) is 33.8 Å². The minimum absolute atomic E-state index is 0.113. The predicted molar refractivity (Wildman–Crippen MR) is 116 cm³/mol. The van der Waals surface area contributed by atoms with Crippen LogP contribution < -0.4 is 10.1 Å². The molecule has 1 heterocycles. The largest absolute Gasteiger partial charge is 0.497 e. The number of likely N-dealkylation sites (tertiary alicyclic amines) is 1. The average Bonchev–Trinajstić information content (AvgIpc) is 3.26. The number of hydrogen-bond donors (Lipinski definition) is 1. The smallest absolute Gasteiger partial charge is 0.416 e. The monoisotopic (exact) mass is 464 g/mol. The zero-order chi connectivity index (χ0) is 24.0. The van der Waals surface area contributed by atoms with E-state index >= 15 is 0 Å². The molecule has 0 aromatic heterocycles. The van der Waals surface area contributed by atoms with E-state index in [4.69, 9.17) is 9.47 Å². The molecule has 1 aliphatic rings. The van der Waals surface area contributed by atoms with Gasteiger partial charge in [0.05, 0.1) is 18.6 Å². The van der Waals surface area contributed by atoms with Crippen molar-refractivity contribution in [1.29, 1.82) is 0 Å². The van der Waals surface area contributed by atoms with Crippen molar-refractivity contribution < 1.29 is 32.2 Å². The van der Waals surface area contributed by atoms with E-state index in [1.807, 2.05) is 0 Å². The number of alkyl halides is 3. The summed E-state index contributed by atoms with van der Waals surface area (Å²) in [4.78, 5) is 27.5. The molecule has 1 N–H and O–H groups in total. The standard InChI is InChI=1S/C24H27F3N2O4/c1-32-12-4-11-28-22(30)21-15-29(23(31)16-7-9-19(33-2)10-8-16)14-20(21)17-5-3-6-18(13-17)24(25,26)27/h3,5-10,13,20-21H,4,11-12,14-15H2,1-2H3,(H,28,30)/t20-,21-/m0/s1. The number of methoxy groups -OCH3 is 2. The van der Waals surface area contributed by atoms with E-state index < -0.39 is 23.6 Å². The highest BCUT2D eigenvalue weighted by atomic mass is 19.4. The summed E-state index contributed by atoms with van der Waals surface area (Å²) >= 11 is 0. The van der Waals surface area contributed by atoms with Gasteiger partial charge in [0.25, 0.3) is 5.91 Å². The number of carbonyl (C=O) groups excluding carboxylic acids is 2. The van der Waals surface area contributed by atoms with Gasteiger partial charge in [0.2, 0.25) is 5.91 Å². The van der Waals surface area contributed by atoms with E-state index in [0.717, 1.165) is 12.1 Å². The maximum atomic E-state index is 13.3. The van der Waals surface area contributed by atoms with Gasteiger partial charge in [0.1, 0.15) is 5.75 Å². The summed E-state index contributed by atoms with van der Waals surface area (Å²) in [7, 11) is 3.08. The fourth-order valence-corrected chi connectivity index (χ4v) is 3.99. The molecule has 9 heteroatoms. The lowest BCUT2D eigenvalue weighted by Crippen LogP contribution is -2.36. The average molecular weight is 464 g/mol. The van der Waals surface area contributed by atoms with Gasteiger partial charge in [0.15, 0.2) is 0 Å². The third-order valence-corrected chi connectivity index (χ3v) is 5.75. The van der Waals surface area contributed by atoms with Crippen molar-refractivity contribution in [3.8, 4) is 5.75 Å². The molecule has 2 amide bonds. The zero-order valence-corrected chi connectivity index (χ0v) is 18.5. The topological polar surface area (TPSA) is 67.9 Å². The van der Waals surface area contributed by atoms with Crippen LogP contribution in [0.5, 0.6) is 5.75 Å². The number of carbonyl (C=O) groups is 2. The van der Waals surface area contributed by atoms with E-state index in [9.17, 15) is 22.8 Å². The van der Waals surface area contributed by atoms with Gasteiger partial charge in [-0.05, 0) is 42.3 Å². The fourth-order valence-electron chi connectivity index (χ4n) is 3.99. The first-order valence-electron chi connectivity index (χ1n) is 10.6. The Morgan fingerprint density at radius 3 is 2.45 bits per heavy atom. The minimum atomic E-state index is -4.49.